The van der Waals surface area contributed by atoms with E-state index >= 15 is 0 Å². The second kappa shape index (κ2) is 10.5. The quantitative estimate of drug-likeness (QED) is 0.523. The minimum atomic E-state index is -3.69. The van der Waals surface area contributed by atoms with Crippen LogP contribution in [0.5, 0.6) is 0 Å². The molecule has 0 spiro atoms. The Kier molecular flexibility index (Phi) is 27.5. The molecule has 0 amide bonds. The van der Waals surface area contributed by atoms with Crippen molar-refractivity contribution in [3.8, 4) is 0 Å². The van der Waals surface area contributed by atoms with Crippen molar-refractivity contribution < 1.29 is 47.8 Å². The molecule has 0 fully saturated rings. The summed E-state index contributed by atoms with van der Waals surface area (Å²) in [6.07, 6.45) is 0. The second-order valence-corrected chi connectivity index (χ2v) is 0.981. The summed E-state index contributed by atoms with van der Waals surface area (Å²) in [5, 5.41) is 0. The molecule has 0 saturated heterocycles. The molecule has 0 aromatic heterocycles. The van der Waals surface area contributed by atoms with Crippen LogP contribution in [0.15, 0.2) is 0 Å². The van der Waals surface area contributed by atoms with Gasteiger partial charge in [-0.3, -0.25) is 0 Å². The molecule has 3 nitrogen and oxygen atoms in total. The van der Waals surface area contributed by atoms with E-state index in [1.54, 1.807) is 0 Å². The van der Waals surface area contributed by atoms with Gasteiger partial charge in [-0.05, 0) is 0 Å². The van der Waals surface area contributed by atoms with Crippen LogP contribution in [-0.4, -0.2) is 55.4 Å². The van der Waals surface area contributed by atoms with Crippen molar-refractivity contribution in [3.63, 3.8) is 0 Å². The molecular weight excluding hydrogens is 234 g/mol. The normalized spacial score (nSPS) is 4.17. The maximum absolute atomic E-state index is 8.67. The summed E-state index contributed by atoms with van der Waals surface area (Å²) in [5.74, 6) is 0. The predicted octanol–water partition coefficient (Wildman–Crippen LogP) is -1.45. The molecule has 32 valence electrons. The van der Waals surface area contributed by atoms with Gasteiger partial charge in [-0.25, -0.2) is 0 Å². The Labute approximate surface area is 96.9 Å². The van der Waals surface area contributed by atoms with E-state index in [1.165, 1.54) is 0 Å². The molecule has 6 heteroatoms. The minimum absolute atomic E-state index is 0. The van der Waals surface area contributed by atoms with Gasteiger partial charge in [0, 0.05) is 21.1 Å². The third-order valence-corrected chi connectivity index (χ3v) is 0. The average Bonchev–Trinajstić information content (AvgIpc) is 0.811. The van der Waals surface area contributed by atoms with Gasteiger partial charge in [-0.15, -0.1) is 0 Å². The van der Waals surface area contributed by atoms with E-state index in [4.69, 9.17) is 11.4 Å². The van der Waals surface area contributed by atoms with Gasteiger partial charge in [0.2, 0.25) is 0 Å². The van der Waals surface area contributed by atoms with Gasteiger partial charge >= 0.3 is 78.2 Å². The molecule has 0 atom stereocenters. The SMILES string of the molecule is [KH].[Mo].[O]=[V](=[O])[OH]. The molecule has 0 aromatic carbocycles. The zero-order valence-corrected chi connectivity index (χ0v) is 5.52. The van der Waals surface area contributed by atoms with Gasteiger partial charge in [-0.2, -0.15) is 0 Å². The van der Waals surface area contributed by atoms with Crippen molar-refractivity contribution in [2.75, 3.05) is 0 Å². The number of hydrogen-bond donors (Lipinski definition) is 1. The third-order valence-electron chi connectivity index (χ3n) is 0. The van der Waals surface area contributed by atoms with Crippen LogP contribution in [0.1, 0.15) is 0 Å². The average molecular weight is 236 g/mol. The van der Waals surface area contributed by atoms with Crippen molar-refractivity contribution in [3.05, 3.63) is 0 Å². The van der Waals surface area contributed by atoms with Gasteiger partial charge in [0.1, 0.15) is 0 Å². The monoisotopic (exact) mass is 238 g/mol. The van der Waals surface area contributed by atoms with Crippen LogP contribution in [0.3, 0.4) is 0 Å². The molecule has 0 radical (unpaired) electrons. The van der Waals surface area contributed by atoms with Crippen molar-refractivity contribution >= 4 is 51.4 Å². The Bertz CT molecular complexity index is 59.2. The molecule has 0 aliphatic carbocycles. The van der Waals surface area contributed by atoms with Gasteiger partial charge in [0.05, 0.1) is 0 Å². The van der Waals surface area contributed by atoms with Crippen LogP contribution in [0, 0.1) is 0 Å². The summed E-state index contributed by atoms with van der Waals surface area (Å²) in [6, 6.07) is 0. The van der Waals surface area contributed by atoms with E-state index in [-0.39, 0.29) is 72.4 Å². The summed E-state index contributed by atoms with van der Waals surface area (Å²) in [4.78, 5) is 0. The summed E-state index contributed by atoms with van der Waals surface area (Å²) >= 11 is -3.69. The van der Waals surface area contributed by atoms with Crippen LogP contribution >= 0.6 is 0 Å². The van der Waals surface area contributed by atoms with E-state index < -0.39 is 15.4 Å². The Morgan fingerprint density at radius 3 is 1.33 bits per heavy atom. The molecule has 0 bridgehead atoms. The third kappa shape index (κ3) is 31.7. The van der Waals surface area contributed by atoms with Crippen molar-refractivity contribution in [2.45, 2.75) is 0 Å². The van der Waals surface area contributed by atoms with Gasteiger partial charge < -0.3 is 0 Å². The van der Waals surface area contributed by atoms with Gasteiger partial charge in [0.25, 0.3) is 0 Å². The standard InChI is InChI=1S/K.Mo.H2O.2O.V.H/h;;1H2;;;;/q;;;;;+1;/p-1. The topological polar surface area (TPSA) is 54.4 Å². The van der Waals surface area contributed by atoms with Crippen LogP contribution < -0.4 is 0 Å². The van der Waals surface area contributed by atoms with Crippen LogP contribution in [0.25, 0.3) is 0 Å². The van der Waals surface area contributed by atoms with Crippen LogP contribution in [-0.2, 0) is 43.8 Å². The first-order chi connectivity index (χ1) is 1.73. The molecule has 0 aromatic rings. The van der Waals surface area contributed by atoms with E-state index in [0.29, 0.717) is 0 Å². The van der Waals surface area contributed by atoms with Crippen molar-refractivity contribution in [1.82, 2.24) is 0 Å². The van der Waals surface area contributed by atoms with Crippen LogP contribution in [0.4, 0.5) is 0 Å². The fourth-order valence-electron chi connectivity index (χ4n) is 0. The molecule has 0 saturated carbocycles. The van der Waals surface area contributed by atoms with Crippen LogP contribution in [0.2, 0.25) is 0 Å². The number of rotatable bonds is 0. The Hall–Kier alpha value is 2.47. The Balaban J connectivity index is -0.0000000450. The van der Waals surface area contributed by atoms with Gasteiger partial charge in [0.15, 0.2) is 0 Å². The summed E-state index contributed by atoms with van der Waals surface area (Å²) in [6.45, 7) is 0. The molecule has 0 unspecified atom stereocenters. The summed E-state index contributed by atoms with van der Waals surface area (Å²) in [7, 11) is 0. The first-order valence-electron chi connectivity index (χ1n) is 0.565. The predicted molar refractivity (Wildman–Crippen MR) is 10.7 cm³/mol. The van der Waals surface area contributed by atoms with E-state index in [2.05, 4.69) is 0 Å². The van der Waals surface area contributed by atoms with Crippen molar-refractivity contribution in [2.24, 2.45) is 0 Å². The zero-order valence-electron chi connectivity index (χ0n) is 2.12. The molecule has 1 N–H and O–H groups in total. The fourth-order valence-corrected chi connectivity index (χ4v) is 0. The van der Waals surface area contributed by atoms with E-state index in [0.717, 1.165) is 0 Å². The van der Waals surface area contributed by atoms with Gasteiger partial charge in [-0.1, -0.05) is 0 Å². The molecule has 6 heavy (non-hydrogen) atoms. The maximum atomic E-state index is 8.67. The first kappa shape index (κ1) is 15.8. The molecule has 0 aliphatic heterocycles. The Morgan fingerprint density at radius 1 is 1.33 bits per heavy atom. The first-order valence-corrected chi connectivity index (χ1v) is 2.33. The second-order valence-electron chi connectivity index (χ2n) is 0.238. The van der Waals surface area contributed by atoms with E-state index in [9.17, 15) is 0 Å². The molecule has 0 heterocycles. The number of hydrogen-bond acceptors (Lipinski definition) is 2. The Morgan fingerprint density at radius 2 is 1.33 bits per heavy atom. The molecule has 0 rings (SSSR count). The van der Waals surface area contributed by atoms with Crippen molar-refractivity contribution in [1.29, 1.82) is 0 Å². The summed E-state index contributed by atoms with van der Waals surface area (Å²) < 4.78 is 24.4. The van der Waals surface area contributed by atoms with E-state index in [1.807, 2.05) is 0 Å². The fraction of sp³-hybridized carbons (Fsp3) is 0. The molecular formula is H2KMoO3V. The zero-order chi connectivity index (χ0) is 3.58. The summed E-state index contributed by atoms with van der Waals surface area (Å²) in [5.41, 5.74) is 0. The molecule has 0 aliphatic rings.